The molecule has 0 aliphatic heterocycles. The molecule has 3 rings (SSSR count). The van der Waals surface area contributed by atoms with Crippen molar-refractivity contribution < 1.29 is 0 Å². The van der Waals surface area contributed by atoms with E-state index in [2.05, 4.69) is 84.4 Å². The van der Waals surface area contributed by atoms with Crippen molar-refractivity contribution in [1.29, 1.82) is 0 Å². The molecule has 27 heavy (non-hydrogen) atoms. The molecule has 7 heteroatoms. The van der Waals surface area contributed by atoms with Crippen LogP contribution in [0.1, 0.15) is 16.8 Å². The van der Waals surface area contributed by atoms with Gasteiger partial charge in [-0.2, -0.15) is 5.10 Å². The average Bonchev–Trinajstić information content (AvgIpc) is 3.25. The Morgan fingerprint density at radius 3 is 2.74 bits per heavy atom. The highest BCUT2D eigenvalue weighted by atomic mass is 79.9. The van der Waals surface area contributed by atoms with E-state index < -0.39 is 0 Å². The molecule has 1 N–H and O–H groups in total. The Kier molecular flexibility index (Phi) is 6.34. The highest BCUT2D eigenvalue weighted by Gasteiger charge is 2.10. The molecular weight excluding hydrogens is 404 g/mol. The SMILES string of the molecule is CN=C(NCc1cccc(Cn2cccn2)c1)N(C)Cc1cc(Br)cn1C. The number of hydrogen-bond donors (Lipinski definition) is 1. The van der Waals surface area contributed by atoms with Gasteiger partial charge >= 0.3 is 0 Å². The Bertz CT molecular complexity index is 897. The summed E-state index contributed by atoms with van der Waals surface area (Å²) >= 11 is 3.52. The number of aliphatic imine (C=N–C) groups is 1. The zero-order valence-corrected chi connectivity index (χ0v) is 17.5. The fourth-order valence-electron chi connectivity index (χ4n) is 3.03. The van der Waals surface area contributed by atoms with E-state index in [1.165, 1.54) is 16.8 Å². The molecular formula is C20H25BrN6. The first-order valence-corrected chi connectivity index (χ1v) is 9.62. The standard InChI is InChI=1S/C20H25BrN6/c1-22-20(26(3)15-19-11-18(21)14-25(19)2)23-12-16-6-4-7-17(10-16)13-27-9-5-8-24-27/h4-11,14H,12-13,15H2,1-3H3,(H,22,23). The lowest BCUT2D eigenvalue weighted by Gasteiger charge is -2.22. The molecule has 6 nitrogen and oxygen atoms in total. The normalized spacial score (nSPS) is 11.6. The molecule has 2 heterocycles. The maximum absolute atomic E-state index is 4.42. The fourth-order valence-corrected chi connectivity index (χ4v) is 3.60. The number of halogens is 1. The molecule has 0 unspecified atom stereocenters. The molecule has 0 fully saturated rings. The van der Waals surface area contributed by atoms with Gasteiger partial charge in [0.15, 0.2) is 5.96 Å². The van der Waals surface area contributed by atoms with Gasteiger partial charge in [0.05, 0.1) is 13.1 Å². The van der Waals surface area contributed by atoms with E-state index in [1.54, 1.807) is 6.20 Å². The fraction of sp³-hybridized carbons (Fsp3) is 0.300. The number of aryl methyl sites for hydroxylation is 1. The summed E-state index contributed by atoms with van der Waals surface area (Å²) in [5, 5.41) is 7.72. The van der Waals surface area contributed by atoms with Gasteiger partial charge in [-0.1, -0.05) is 24.3 Å². The number of guanidine groups is 1. The average molecular weight is 429 g/mol. The van der Waals surface area contributed by atoms with Gasteiger partial charge in [0.1, 0.15) is 0 Å². The molecule has 0 aliphatic carbocycles. The van der Waals surface area contributed by atoms with Crippen LogP contribution in [0.15, 0.2) is 64.5 Å². The van der Waals surface area contributed by atoms with Gasteiger partial charge in [0, 0.05) is 56.4 Å². The molecule has 0 radical (unpaired) electrons. The van der Waals surface area contributed by atoms with E-state index in [9.17, 15) is 0 Å². The van der Waals surface area contributed by atoms with E-state index >= 15 is 0 Å². The lowest BCUT2D eigenvalue weighted by Crippen LogP contribution is -2.38. The lowest BCUT2D eigenvalue weighted by atomic mass is 10.1. The molecule has 0 spiro atoms. The van der Waals surface area contributed by atoms with Crippen molar-refractivity contribution in [2.45, 2.75) is 19.6 Å². The predicted molar refractivity (Wildman–Crippen MR) is 113 cm³/mol. The first-order chi connectivity index (χ1) is 13.0. The van der Waals surface area contributed by atoms with Crippen LogP contribution in [0.25, 0.3) is 0 Å². The Hall–Kier alpha value is -2.54. The molecule has 2 aromatic heterocycles. The highest BCUT2D eigenvalue weighted by molar-refractivity contribution is 9.10. The Balaban J connectivity index is 1.59. The van der Waals surface area contributed by atoms with Gasteiger partial charge in [-0.3, -0.25) is 9.67 Å². The van der Waals surface area contributed by atoms with Crippen molar-refractivity contribution in [3.63, 3.8) is 0 Å². The van der Waals surface area contributed by atoms with Crippen molar-refractivity contribution in [3.05, 3.63) is 76.3 Å². The lowest BCUT2D eigenvalue weighted by molar-refractivity contribution is 0.461. The number of benzene rings is 1. The topological polar surface area (TPSA) is 50.4 Å². The van der Waals surface area contributed by atoms with Gasteiger partial charge < -0.3 is 14.8 Å². The zero-order valence-electron chi connectivity index (χ0n) is 15.9. The van der Waals surface area contributed by atoms with Crippen LogP contribution in [0, 0.1) is 0 Å². The van der Waals surface area contributed by atoms with Crippen molar-refractivity contribution in [3.8, 4) is 0 Å². The predicted octanol–water partition coefficient (Wildman–Crippen LogP) is 3.24. The van der Waals surface area contributed by atoms with Gasteiger partial charge in [0.2, 0.25) is 0 Å². The number of nitrogens with one attached hydrogen (secondary N) is 1. The summed E-state index contributed by atoms with van der Waals surface area (Å²) in [6, 6.07) is 12.6. The quantitative estimate of drug-likeness (QED) is 0.484. The Morgan fingerprint density at radius 1 is 1.26 bits per heavy atom. The molecule has 0 saturated heterocycles. The van der Waals surface area contributed by atoms with Crippen molar-refractivity contribution in [2.24, 2.45) is 12.0 Å². The van der Waals surface area contributed by atoms with Gasteiger partial charge in [-0.15, -0.1) is 0 Å². The largest absolute Gasteiger partial charge is 0.352 e. The Labute approximate surface area is 168 Å². The molecule has 0 aliphatic rings. The van der Waals surface area contributed by atoms with E-state index in [-0.39, 0.29) is 0 Å². The number of hydrogen-bond acceptors (Lipinski definition) is 2. The van der Waals surface area contributed by atoms with E-state index in [1.807, 2.05) is 31.0 Å². The summed E-state index contributed by atoms with van der Waals surface area (Å²) < 4.78 is 5.13. The monoisotopic (exact) mass is 428 g/mol. The van der Waals surface area contributed by atoms with Gasteiger partial charge in [-0.05, 0) is 39.2 Å². The summed E-state index contributed by atoms with van der Waals surface area (Å²) in [5.41, 5.74) is 3.67. The molecule has 0 saturated carbocycles. The van der Waals surface area contributed by atoms with Crippen LogP contribution < -0.4 is 5.32 Å². The second-order valence-electron chi connectivity index (χ2n) is 6.54. The number of rotatable bonds is 6. The second kappa shape index (κ2) is 8.90. The van der Waals surface area contributed by atoms with Crippen molar-refractivity contribution >= 4 is 21.9 Å². The molecule has 0 amide bonds. The smallest absolute Gasteiger partial charge is 0.194 e. The maximum Gasteiger partial charge on any atom is 0.194 e. The van der Waals surface area contributed by atoms with Crippen LogP contribution in [-0.2, 0) is 26.7 Å². The first-order valence-electron chi connectivity index (χ1n) is 8.83. The van der Waals surface area contributed by atoms with E-state index in [0.29, 0.717) is 0 Å². The van der Waals surface area contributed by atoms with Crippen LogP contribution in [0.5, 0.6) is 0 Å². The van der Waals surface area contributed by atoms with Crippen LogP contribution in [0.2, 0.25) is 0 Å². The molecule has 3 aromatic rings. The first kappa shape index (κ1) is 19.2. The number of nitrogens with zero attached hydrogens (tertiary/aromatic N) is 5. The molecule has 0 bridgehead atoms. The minimum absolute atomic E-state index is 0.723. The third-order valence-electron chi connectivity index (χ3n) is 4.39. The summed E-state index contributed by atoms with van der Waals surface area (Å²) in [4.78, 5) is 6.54. The molecule has 0 atom stereocenters. The minimum atomic E-state index is 0.723. The van der Waals surface area contributed by atoms with Crippen molar-refractivity contribution in [1.82, 2.24) is 24.6 Å². The third-order valence-corrected chi connectivity index (χ3v) is 4.83. The second-order valence-corrected chi connectivity index (χ2v) is 7.46. The van der Waals surface area contributed by atoms with Crippen LogP contribution in [-0.4, -0.2) is 39.3 Å². The summed E-state index contributed by atoms with van der Waals surface area (Å²) in [6.45, 7) is 2.28. The number of aromatic nitrogens is 3. The van der Waals surface area contributed by atoms with Crippen LogP contribution in [0.4, 0.5) is 0 Å². The van der Waals surface area contributed by atoms with Crippen LogP contribution in [0.3, 0.4) is 0 Å². The zero-order chi connectivity index (χ0) is 19.2. The Morgan fingerprint density at radius 2 is 2.07 bits per heavy atom. The van der Waals surface area contributed by atoms with Crippen molar-refractivity contribution in [2.75, 3.05) is 14.1 Å². The summed E-state index contributed by atoms with van der Waals surface area (Å²) in [7, 11) is 5.91. The molecule has 1 aromatic carbocycles. The highest BCUT2D eigenvalue weighted by Crippen LogP contribution is 2.15. The van der Waals surface area contributed by atoms with Crippen LogP contribution >= 0.6 is 15.9 Å². The molecule has 142 valence electrons. The van der Waals surface area contributed by atoms with Gasteiger partial charge in [0.25, 0.3) is 0 Å². The van der Waals surface area contributed by atoms with E-state index in [4.69, 9.17) is 0 Å². The third kappa shape index (κ3) is 5.23. The summed E-state index contributed by atoms with van der Waals surface area (Å²) in [6.07, 6.45) is 5.84. The minimum Gasteiger partial charge on any atom is -0.352 e. The van der Waals surface area contributed by atoms with Gasteiger partial charge in [-0.25, -0.2) is 0 Å². The summed E-state index contributed by atoms with van der Waals surface area (Å²) in [5.74, 6) is 0.866. The maximum atomic E-state index is 4.42. The van der Waals surface area contributed by atoms with E-state index in [0.717, 1.165) is 30.1 Å².